The summed E-state index contributed by atoms with van der Waals surface area (Å²) >= 11 is 0. The lowest BCUT2D eigenvalue weighted by Crippen LogP contribution is -2.41. The molecule has 2 atom stereocenters. The van der Waals surface area contributed by atoms with Crippen LogP contribution in [0.2, 0.25) is 0 Å². The standard InChI is InChI=1S/C16H29N3O3S.ClH/c20-16(10-13-8-14-4-5-15(9-13)19-14)17-6-7-23(21,22)18-11-12-2-1-3-12;/h12-15,18-19H,1-11H2,(H,17,20);1H. The van der Waals surface area contributed by atoms with Crippen LogP contribution in [0.5, 0.6) is 0 Å². The highest BCUT2D eigenvalue weighted by molar-refractivity contribution is 7.89. The van der Waals surface area contributed by atoms with Crippen LogP contribution in [-0.2, 0) is 14.8 Å². The van der Waals surface area contributed by atoms with Crippen molar-refractivity contribution in [3.05, 3.63) is 0 Å². The maximum absolute atomic E-state index is 12.0. The first-order chi connectivity index (χ1) is 11.0. The maximum atomic E-state index is 12.0. The lowest BCUT2D eigenvalue weighted by Gasteiger charge is -2.28. The molecular weight excluding hydrogens is 350 g/mol. The third kappa shape index (κ3) is 5.86. The molecule has 0 aromatic rings. The van der Waals surface area contributed by atoms with Crippen molar-refractivity contribution >= 4 is 28.3 Å². The van der Waals surface area contributed by atoms with E-state index >= 15 is 0 Å². The van der Waals surface area contributed by atoms with Crippen LogP contribution in [0.25, 0.3) is 0 Å². The molecule has 2 aliphatic heterocycles. The van der Waals surface area contributed by atoms with E-state index < -0.39 is 10.0 Å². The van der Waals surface area contributed by atoms with E-state index in [0.29, 0.717) is 36.9 Å². The van der Waals surface area contributed by atoms with Crippen molar-refractivity contribution < 1.29 is 13.2 Å². The fraction of sp³-hybridized carbons (Fsp3) is 0.938. The molecule has 24 heavy (non-hydrogen) atoms. The van der Waals surface area contributed by atoms with Gasteiger partial charge in [0.1, 0.15) is 0 Å². The molecule has 3 aliphatic rings. The Kier molecular flexibility index (Phi) is 7.34. The van der Waals surface area contributed by atoms with Gasteiger partial charge in [0.2, 0.25) is 15.9 Å². The van der Waals surface area contributed by atoms with Crippen molar-refractivity contribution in [3.8, 4) is 0 Å². The molecule has 3 N–H and O–H groups in total. The summed E-state index contributed by atoms with van der Waals surface area (Å²) in [5.74, 6) is 0.922. The van der Waals surface area contributed by atoms with Crippen LogP contribution in [0.1, 0.15) is 51.4 Å². The average molecular weight is 380 g/mol. The normalized spacial score (nSPS) is 29.6. The predicted octanol–water partition coefficient (Wildman–Crippen LogP) is 1.16. The number of piperidine rings is 1. The van der Waals surface area contributed by atoms with E-state index in [9.17, 15) is 13.2 Å². The second-order valence-corrected chi connectivity index (χ2v) is 9.42. The summed E-state index contributed by atoms with van der Waals surface area (Å²) in [7, 11) is -3.26. The van der Waals surface area contributed by atoms with Crippen LogP contribution in [-0.4, -0.2) is 45.3 Å². The lowest BCUT2D eigenvalue weighted by molar-refractivity contribution is -0.122. The number of carbonyl (C=O) groups is 1. The van der Waals surface area contributed by atoms with E-state index in [0.717, 1.165) is 25.7 Å². The zero-order valence-electron chi connectivity index (χ0n) is 14.1. The highest BCUT2D eigenvalue weighted by Crippen LogP contribution is 2.32. The van der Waals surface area contributed by atoms with Gasteiger partial charge in [0, 0.05) is 31.6 Å². The summed E-state index contributed by atoms with van der Waals surface area (Å²) in [6.45, 7) is 0.755. The summed E-state index contributed by atoms with van der Waals surface area (Å²) in [6.07, 6.45) is 8.60. The number of halogens is 1. The van der Waals surface area contributed by atoms with Crippen LogP contribution in [0, 0.1) is 11.8 Å². The van der Waals surface area contributed by atoms with E-state index in [-0.39, 0.29) is 30.6 Å². The molecule has 3 fully saturated rings. The van der Waals surface area contributed by atoms with E-state index in [4.69, 9.17) is 0 Å². The average Bonchev–Trinajstić information content (AvgIpc) is 2.75. The SMILES string of the molecule is Cl.O=C(CC1CC2CCC(C1)N2)NCCS(=O)(=O)NCC1CCC1. The Morgan fingerprint density at radius 1 is 1.04 bits per heavy atom. The van der Waals surface area contributed by atoms with Crippen molar-refractivity contribution in [3.63, 3.8) is 0 Å². The number of sulfonamides is 1. The third-order valence-electron chi connectivity index (χ3n) is 5.55. The second kappa shape index (κ2) is 8.83. The number of amides is 1. The predicted molar refractivity (Wildman–Crippen MR) is 96.7 cm³/mol. The Bertz CT molecular complexity index is 513. The first-order valence-corrected chi connectivity index (χ1v) is 10.7. The Hall–Kier alpha value is -0.370. The van der Waals surface area contributed by atoms with E-state index in [1.165, 1.54) is 19.3 Å². The molecule has 0 aromatic carbocycles. The van der Waals surface area contributed by atoms with Gasteiger partial charge in [-0.2, -0.15) is 0 Å². The highest BCUT2D eigenvalue weighted by atomic mass is 35.5. The quantitative estimate of drug-likeness (QED) is 0.590. The summed E-state index contributed by atoms with van der Waals surface area (Å²) in [5.41, 5.74) is 0. The molecule has 2 saturated heterocycles. The van der Waals surface area contributed by atoms with E-state index in [1.807, 2.05) is 0 Å². The molecule has 0 radical (unpaired) electrons. The van der Waals surface area contributed by atoms with Crippen molar-refractivity contribution in [1.82, 2.24) is 15.4 Å². The van der Waals surface area contributed by atoms with Crippen LogP contribution < -0.4 is 15.4 Å². The molecule has 2 unspecified atom stereocenters. The van der Waals surface area contributed by atoms with Gasteiger partial charge in [-0.3, -0.25) is 4.79 Å². The number of fused-ring (bicyclic) bond motifs is 2. The minimum Gasteiger partial charge on any atom is -0.355 e. The van der Waals surface area contributed by atoms with Gasteiger partial charge in [-0.1, -0.05) is 6.42 Å². The van der Waals surface area contributed by atoms with E-state index in [2.05, 4.69) is 15.4 Å². The molecule has 1 amide bonds. The van der Waals surface area contributed by atoms with Crippen molar-refractivity contribution in [1.29, 1.82) is 0 Å². The first-order valence-electron chi connectivity index (χ1n) is 9.00. The Morgan fingerprint density at radius 3 is 2.29 bits per heavy atom. The molecule has 0 aromatic heterocycles. The van der Waals surface area contributed by atoms with Gasteiger partial charge in [0.05, 0.1) is 5.75 Å². The van der Waals surface area contributed by atoms with Crippen LogP contribution >= 0.6 is 12.4 Å². The smallest absolute Gasteiger partial charge is 0.220 e. The fourth-order valence-electron chi connectivity index (χ4n) is 4.01. The van der Waals surface area contributed by atoms with Crippen molar-refractivity contribution in [2.45, 2.75) is 63.5 Å². The van der Waals surface area contributed by atoms with Crippen molar-refractivity contribution in [2.75, 3.05) is 18.8 Å². The van der Waals surface area contributed by atoms with Gasteiger partial charge in [0.25, 0.3) is 0 Å². The minimum atomic E-state index is -3.26. The van der Waals surface area contributed by atoms with Gasteiger partial charge in [-0.15, -0.1) is 12.4 Å². The summed E-state index contributed by atoms with van der Waals surface area (Å²) in [5, 5.41) is 6.34. The Balaban J connectivity index is 0.00000208. The summed E-state index contributed by atoms with van der Waals surface area (Å²) in [4.78, 5) is 12.0. The van der Waals surface area contributed by atoms with Gasteiger partial charge in [-0.25, -0.2) is 13.1 Å². The Morgan fingerprint density at radius 2 is 1.71 bits per heavy atom. The lowest BCUT2D eigenvalue weighted by atomic mass is 9.86. The number of hydrogen-bond donors (Lipinski definition) is 3. The molecular formula is C16H30ClN3O3S. The molecule has 2 heterocycles. The molecule has 8 heteroatoms. The van der Waals surface area contributed by atoms with Crippen LogP contribution in [0.3, 0.4) is 0 Å². The molecule has 140 valence electrons. The zero-order valence-corrected chi connectivity index (χ0v) is 15.8. The summed E-state index contributed by atoms with van der Waals surface area (Å²) in [6, 6.07) is 1.17. The van der Waals surface area contributed by atoms with Gasteiger partial charge >= 0.3 is 0 Å². The molecule has 1 saturated carbocycles. The van der Waals surface area contributed by atoms with Gasteiger partial charge in [-0.05, 0) is 50.4 Å². The number of carbonyl (C=O) groups excluding carboxylic acids is 1. The van der Waals surface area contributed by atoms with Crippen molar-refractivity contribution in [2.24, 2.45) is 11.8 Å². The fourth-order valence-corrected chi connectivity index (χ4v) is 5.02. The largest absolute Gasteiger partial charge is 0.355 e. The number of hydrogen-bond acceptors (Lipinski definition) is 4. The monoisotopic (exact) mass is 379 g/mol. The second-order valence-electron chi connectivity index (χ2n) is 7.49. The minimum absolute atomic E-state index is 0. The number of nitrogens with one attached hydrogen (secondary N) is 3. The molecule has 1 aliphatic carbocycles. The maximum Gasteiger partial charge on any atom is 0.220 e. The highest BCUT2D eigenvalue weighted by Gasteiger charge is 2.34. The molecule has 6 nitrogen and oxygen atoms in total. The molecule has 0 spiro atoms. The topological polar surface area (TPSA) is 87.3 Å². The van der Waals surface area contributed by atoms with Gasteiger partial charge < -0.3 is 10.6 Å². The first kappa shape index (κ1) is 19.9. The van der Waals surface area contributed by atoms with Crippen LogP contribution in [0.15, 0.2) is 0 Å². The van der Waals surface area contributed by atoms with Gasteiger partial charge in [0.15, 0.2) is 0 Å². The Labute approximate surface area is 151 Å². The number of rotatable bonds is 8. The third-order valence-corrected chi connectivity index (χ3v) is 6.90. The summed E-state index contributed by atoms with van der Waals surface area (Å²) < 4.78 is 26.4. The zero-order chi connectivity index (χ0) is 16.3. The molecule has 2 bridgehead atoms. The molecule has 3 rings (SSSR count). The van der Waals surface area contributed by atoms with E-state index in [1.54, 1.807) is 0 Å². The van der Waals surface area contributed by atoms with Crippen LogP contribution in [0.4, 0.5) is 0 Å².